The van der Waals surface area contributed by atoms with E-state index in [1.54, 1.807) is 13.8 Å². The molecule has 0 bridgehead atoms. The van der Waals surface area contributed by atoms with Crippen LogP contribution in [-0.2, 0) is 52.7 Å². The zero-order valence-corrected chi connectivity index (χ0v) is 32.1. The first kappa shape index (κ1) is 46.3. The summed E-state index contributed by atoms with van der Waals surface area (Å²) >= 11 is 0. The van der Waals surface area contributed by atoms with E-state index in [2.05, 4.69) is 42.5 Å². The van der Waals surface area contributed by atoms with Crippen LogP contribution in [0, 0.1) is 11.8 Å². The Labute approximate surface area is 323 Å². The third kappa shape index (κ3) is 15.5. The molecule has 6 atom stereocenters. The Hall–Kier alpha value is -5.83. The fourth-order valence-electron chi connectivity index (χ4n) is 5.94. The molecule has 11 amide bonds. The van der Waals surface area contributed by atoms with Crippen LogP contribution in [0.3, 0.4) is 0 Å². The van der Waals surface area contributed by atoms with Crippen molar-refractivity contribution in [3.8, 4) is 0 Å². The van der Waals surface area contributed by atoms with Crippen LogP contribution < -0.4 is 54.0 Å². The summed E-state index contributed by atoms with van der Waals surface area (Å²) in [6.45, 7) is 4.87. The fraction of sp³-hybridized carbons (Fsp3) is 0.676. The summed E-state index contributed by atoms with van der Waals surface area (Å²) in [6, 6.07) is -6.47. The Bertz CT molecular complexity index is 1520. The lowest BCUT2D eigenvalue weighted by atomic mass is 9.98. The van der Waals surface area contributed by atoms with Gasteiger partial charge in [-0.1, -0.05) is 34.1 Å². The lowest BCUT2D eigenvalue weighted by Gasteiger charge is -2.31. The Balaban J connectivity index is 2.39. The largest absolute Gasteiger partial charge is 0.370 e. The number of likely N-dealkylation sites (tertiary alicyclic amines) is 1. The van der Waals surface area contributed by atoms with E-state index < -0.39 is 140 Å². The molecule has 2 aliphatic heterocycles. The molecule has 2 heterocycles. The molecule has 2 saturated heterocycles. The van der Waals surface area contributed by atoms with E-state index in [0.717, 1.165) is 0 Å². The first-order valence-electron chi connectivity index (χ1n) is 18.5. The van der Waals surface area contributed by atoms with Crippen molar-refractivity contribution in [3.63, 3.8) is 0 Å². The second kappa shape index (κ2) is 22.5. The number of rotatable bonds is 12. The van der Waals surface area contributed by atoms with Crippen LogP contribution >= 0.6 is 0 Å². The van der Waals surface area contributed by atoms with Crippen molar-refractivity contribution < 1.29 is 52.7 Å². The maximum Gasteiger partial charge on any atom is 0.245 e. The van der Waals surface area contributed by atoms with Gasteiger partial charge in [-0.25, -0.2) is 0 Å². The van der Waals surface area contributed by atoms with Crippen LogP contribution in [0.1, 0.15) is 72.6 Å². The van der Waals surface area contributed by atoms with Gasteiger partial charge in [-0.2, -0.15) is 0 Å². The Morgan fingerprint density at radius 3 is 2.04 bits per heavy atom. The molecule has 22 heteroatoms. The van der Waals surface area contributed by atoms with E-state index in [-0.39, 0.29) is 31.7 Å². The first-order valence-corrected chi connectivity index (χ1v) is 18.5. The molecule has 12 N–H and O–H groups in total. The molecular formula is C34H55N11O11. The summed E-state index contributed by atoms with van der Waals surface area (Å²) in [6.07, 6.45) is -0.372. The quantitative estimate of drug-likeness (QED) is 0.0889. The summed E-state index contributed by atoms with van der Waals surface area (Å²) < 4.78 is 0. The van der Waals surface area contributed by atoms with Gasteiger partial charge in [0.05, 0.1) is 32.6 Å². The SMILES string of the molecule is CC[C@H](C)[C@@H]1NC(=O)CNC(=O)CNC(=O)CC[C@@H](C(=O)N2CCC[C@H]2C(=O)N[C@@H](CC(C)C)C(=O)NCC(N)=O)NC(=O)[C@H](CC(N)=O)NC(=O)CNC1=O. The lowest BCUT2D eigenvalue weighted by molar-refractivity contribution is -0.143. The highest BCUT2D eigenvalue weighted by Crippen LogP contribution is 2.21. The highest BCUT2D eigenvalue weighted by molar-refractivity contribution is 5.98. The molecule has 0 aromatic heterocycles. The average molecular weight is 794 g/mol. The Morgan fingerprint density at radius 2 is 1.41 bits per heavy atom. The first-order chi connectivity index (χ1) is 26.3. The van der Waals surface area contributed by atoms with Gasteiger partial charge in [0.25, 0.3) is 0 Å². The molecule has 2 aliphatic rings. The molecule has 0 aromatic rings. The third-order valence-corrected chi connectivity index (χ3v) is 9.07. The van der Waals surface area contributed by atoms with E-state index in [9.17, 15) is 52.7 Å². The van der Waals surface area contributed by atoms with Crippen LogP contribution in [-0.4, -0.2) is 133 Å². The summed E-state index contributed by atoms with van der Waals surface area (Å²) in [5, 5.41) is 19.3. The topological polar surface area (TPSA) is 339 Å². The van der Waals surface area contributed by atoms with Gasteiger partial charge in [-0.3, -0.25) is 52.7 Å². The Morgan fingerprint density at radius 1 is 0.786 bits per heavy atom. The van der Waals surface area contributed by atoms with Crippen molar-refractivity contribution in [2.45, 2.75) is 103 Å². The summed E-state index contributed by atoms with van der Waals surface area (Å²) in [4.78, 5) is 142. The number of hydrogen-bond acceptors (Lipinski definition) is 11. The van der Waals surface area contributed by atoms with E-state index in [4.69, 9.17) is 11.5 Å². The molecule has 2 fully saturated rings. The van der Waals surface area contributed by atoms with Gasteiger partial charge < -0.3 is 58.9 Å². The second-order valence-electron chi connectivity index (χ2n) is 14.2. The predicted octanol–water partition coefficient (Wildman–Crippen LogP) is -5.37. The predicted molar refractivity (Wildman–Crippen MR) is 196 cm³/mol. The summed E-state index contributed by atoms with van der Waals surface area (Å²) in [5.74, 6) is -9.35. The lowest BCUT2D eigenvalue weighted by Crippen LogP contribution is -2.59. The van der Waals surface area contributed by atoms with Gasteiger partial charge >= 0.3 is 0 Å². The van der Waals surface area contributed by atoms with Crippen LogP contribution in [0.15, 0.2) is 0 Å². The van der Waals surface area contributed by atoms with Crippen LogP contribution in [0.4, 0.5) is 0 Å². The van der Waals surface area contributed by atoms with Gasteiger partial charge in [0.15, 0.2) is 0 Å². The van der Waals surface area contributed by atoms with Crippen LogP contribution in [0.25, 0.3) is 0 Å². The number of nitrogens with zero attached hydrogens (tertiary/aromatic N) is 1. The van der Waals surface area contributed by atoms with E-state index >= 15 is 0 Å². The fourth-order valence-corrected chi connectivity index (χ4v) is 5.94. The molecule has 0 unspecified atom stereocenters. The van der Waals surface area contributed by atoms with Crippen molar-refractivity contribution in [1.29, 1.82) is 0 Å². The number of carbonyl (C=O) groups is 11. The number of hydrogen-bond donors (Lipinski definition) is 10. The number of carbonyl (C=O) groups excluding carboxylic acids is 11. The van der Waals surface area contributed by atoms with Crippen LogP contribution in [0.5, 0.6) is 0 Å². The zero-order chi connectivity index (χ0) is 42.1. The number of primary amides is 2. The highest BCUT2D eigenvalue weighted by atomic mass is 16.2. The normalized spacial score (nSPS) is 23.2. The molecule has 0 aromatic carbocycles. The molecule has 22 nitrogen and oxygen atoms in total. The zero-order valence-electron chi connectivity index (χ0n) is 32.1. The standard InChI is InChI=1S/C34H55N11O11/c1-5-18(4)29-33(55)40-16-27(50)41-21(12-23(35)46)31(53)42-19(8-9-25(48)37-14-26(49)38-15-28(51)44-29)34(56)45-10-6-7-22(45)32(54)43-20(11-17(2)3)30(52)39-13-24(36)47/h17-22,29H,5-16H2,1-4H3,(H2,35,46)(H2,36,47)(H,37,48)(H,38,49)(H,39,52)(H,40,55)(H,41,50)(H,42,53)(H,43,54)(H,44,51)/t18-,19-,20-,21-,22-,29-/m0/s1. The maximum absolute atomic E-state index is 14.1. The highest BCUT2D eigenvalue weighted by Gasteiger charge is 2.40. The molecule has 2 rings (SSSR count). The average Bonchev–Trinajstić information content (AvgIpc) is 3.63. The van der Waals surface area contributed by atoms with Crippen molar-refractivity contribution in [2.75, 3.05) is 32.7 Å². The second-order valence-corrected chi connectivity index (χ2v) is 14.2. The van der Waals surface area contributed by atoms with Crippen molar-refractivity contribution in [2.24, 2.45) is 23.3 Å². The molecule has 312 valence electrons. The molecule has 0 spiro atoms. The smallest absolute Gasteiger partial charge is 0.245 e. The minimum Gasteiger partial charge on any atom is -0.370 e. The minimum absolute atomic E-state index is 0.0464. The van der Waals surface area contributed by atoms with Crippen molar-refractivity contribution in [1.82, 2.24) is 47.4 Å². The van der Waals surface area contributed by atoms with E-state index in [1.807, 2.05) is 13.8 Å². The third-order valence-electron chi connectivity index (χ3n) is 9.07. The number of nitrogens with one attached hydrogen (secondary N) is 8. The molecule has 0 radical (unpaired) electrons. The molecule has 0 aliphatic carbocycles. The van der Waals surface area contributed by atoms with Gasteiger partial charge in [-0.05, 0) is 37.5 Å². The molecule has 56 heavy (non-hydrogen) atoms. The van der Waals surface area contributed by atoms with Crippen molar-refractivity contribution >= 4 is 65.0 Å². The number of amides is 11. The van der Waals surface area contributed by atoms with E-state index in [0.29, 0.717) is 12.8 Å². The van der Waals surface area contributed by atoms with Gasteiger partial charge in [0, 0.05) is 13.0 Å². The van der Waals surface area contributed by atoms with E-state index in [1.165, 1.54) is 4.90 Å². The minimum atomic E-state index is -1.64. The van der Waals surface area contributed by atoms with Gasteiger partial charge in [-0.15, -0.1) is 0 Å². The van der Waals surface area contributed by atoms with Gasteiger partial charge in [0.1, 0.15) is 30.2 Å². The number of nitrogens with two attached hydrogens (primary N) is 2. The summed E-state index contributed by atoms with van der Waals surface area (Å²) in [5.41, 5.74) is 10.5. The van der Waals surface area contributed by atoms with Gasteiger partial charge in [0.2, 0.25) is 65.0 Å². The summed E-state index contributed by atoms with van der Waals surface area (Å²) in [7, 11) is 0. The monoisotopic (exact) mass is 793 g/mol. The maximum atomic E-state index is 14.1. The van der Waals surface area contributed by atoms with Crippen LogP contribution in [0.2, 0.25) is 0 Å². The Kier molecular flexibility index (Phi) is 18.6. The van der Waals surface area contributed by atoms with Crippen molar-refractivity contribution in [3.05, 3.63) is 0 Å². The molecule has 0 saturated carbocycles. The molecular weight excluding hydrogens is 738 g/mol.